The highest BCUT2D eigenvalue weighted by molar-refractivity contribution is 5.90. The molecule has 1 aromatic heterocycles. The van der Waals surface area contributed by atoms with E-state index in [4.69, 9.17) is 5.73 Å². The maximum atomic E-state index is 10.9. The molecule has 6 heteroatoms. The summed E-state index contributed by atoms with van der Waals surface area (Å²) in [4.78, 5) is 13.4. The molecule has 0 aliphatic carbocycles. The predicted molar refractivity (Wildman–Crippen MR) is 78.5 cm³/mol. The zero-order valence-corrected chi connectivity index (χ0v) is 12.4. The first-order chi connectivity index (χ1) is 9.36. The van der Waals surface area contributed by atoms with Gasteiger partial charge in [0.2, 0.25) is 0 Å². The molecule has 3 N–H and O–H groups in total. The summed E-state index contributed by atoms with van der Waals surface area (Å²) in [7, 11) is 0. The van der Waals surface area contributed by atoms with E-state index in [1.54, 1.807) is 12.1 Å². The molecule has 110 valence electrons. The van der Waals surface area contributed by atoms with Gasteiger partial charge in [0, 0.05) is 24.7 Å². The molecule has 1 saturated heterocycles. The number of nitrogens with zero attached hydrogens (tertiary/aromatic N) is 3. The van der Waals surface area contributed by atoms with Gasteiger partial charge in [-0.15, -0.1) is 10.2 Å². The van der Waals surface area contributed by atoms with Gasteiger partial charge in [-0.3, -0.25) is 9.69 Å². The van der Waals surface area contributed by atoms with Crippen LogP contribution >= 0.6 is 0 Å². The summed E-state index contributed by atoms with van der Waals surface area (Å²) in [6.45, 7) is 8.89. The summed E-state index contributed by atoms with van der Waals surface area (Å²) in [5.74, 6) is 0.145. The van der Waals surface area contributed by atoms with Gasteiger partial charge in [0.1, 0.15) is 5.82 Å². The molecule has 0 unspecified atom stereocenters. The van der Waals surface area contributed by atoms with E-state index in [0.717, 1.165) is 25.9 Å². The van der Waals surface area contributed by atoms with Crippen LogP contribution in [0.1, 0.15) is 44.1 Å². The maximum absolute atomic E-state index is 10.9. The Hall–Kier alpha value is -1.69. The van der Waals surface area contributed by atoms with Crippen molar-refractivity contribution in [2.75, 3.05) is 18.4 Å². The van der Waals surface area contributed by atoms with Crippen molar-refractivity contribution in [1.82, 2.24) is 15.1 Å². The Morgan fingerprint density at radius 3 is 2.40 bits per heavy atom. The van der Waals surface area contributed by atoms with Gasteiger partial charge < -0.3 is 11.1 Å². The van der Waals surface area contributed by atoms with Crippen molar-refractivity contribution >= 4 is 11.7 Å². The van der Waals surface area contributed by atoms with Crippen LogP contribution < -0.4 is 11.1 Å². The van der Waals surface area contributed by atoms with E-state index in [1.807, 2.05) is 0 Å². The third-order valence-corrected chi connectivity index (χ3v) is 3.71. The number of carbonyl (C=O) groups excluding carboxylic acids is 1. The summed E-state index contributed by atoms with van der Waals surface area (Å²) in [6, 6.07) is 3.76. The minimum atomic E-state index is -0.553. The van der Waals surface area contributed by atoms with Crippen molar-refractivity contribution in [3.8, 4) is 0 Å². The minimum absolute atomic E-state index is 0.193. The van der Waals surface area contributed by atoms with Crippen LogP contribution in [-0.2, 0) is 0 Å². The van der Waals surface area contributed by atoms with E-state index in [0.29, 0.717) is 11.9 Å². The molecule has 6 nitrogen and oxygen atoms in total. The standard InChI is InChI=1S/C14H23N5O/c1-14(2,3)19-8-6-10(7-9-19)16-12-5-4-11(13(15)20)17-18-12/h4-5,10H,6-9H2,1-3H3,(H2,15,20)(H,16,18). The van der Waals surface area contributed by atoms with Gasteiger partial charge in [-0.2, -0.15) is 0 Å². The Labute approximate surface area is 119 Å². The minimum Gasteiger partial charge on any atom is -0.366 e. The Kier molecular flexibility index (Phi) is 4.23. The number of aromatic nitrogens is 2. The number of anilines is 1. The first-order valence-corrected chi connectivity index (χ1v) is 7.01. The molecule has 0 aromatic carbocycles. The predicted octanol–water partition coefficient (Wildman–Crippen LogP) is 1.25. The first-order valence-electron chi connectivity index (χ1n) is 7.01. The Morgan fingerprint density at radius 2 is 1.95 bits per heavy atom. The van der Waals surface area contributed by atoms with Crippen LogP contribution in [-0.4, -0.2) is 45.7 Å². The molecule has 0 bridgehead atoms. The third kappa shape index (κ3) is 3.66. The highest BCUT2D eigenvalue weighted by Gasteiger charge is 2.26. The summed E-state index contributed by atoms with van der Waals surface area (Å²) in [5.41, 5.74) is 5.56. The normalized spacial score (nSPS) is 17.9. The monoisotopic (exact) mass is 277 g/mol. The molecular weight excluding hydrogens is 254 g/mol. The Balaban J connectivity index is 1.88. The van der Waals surface area contributed by atoms with Gasteiger partial charge in [0.25, 0.3) is 5.91 Å². The second kappa shape index (κ2) is 5.75. The van der Waals surface area contributed by atoms with E-state index in [1.165, 1.54) is 0 Å². The lowest BCUT2D eigenvalue weighted by atomic mass is 9.98. The number of hydrogen-bond acceptors (Lipinski definition) is 5. The topological polar surface area (TPSA) is 84.1 Å². The van der Waals surface area contributed by atoms with Crippen LogP contribution in [0.3, 0.4) is 0 Å². The quantitative estimate of drug-likeness (QED) is 0.868. The molecule has 1 aromatic rings. The second-order valence-corrected chi connectivity index (χ2v) is 6.24. The number of amides is 1. The molecule has 0 spiro atoms. The van der Waals surface area contributed by atoms with Crippen molar-refractivity contribution in [1.29, 1.82) is 0 Å². The molecule has 1 fully saturated rings. The number of nitrogens with two attached hydrogens (primary N) is 1. The molecule has 2 rings (SSSR count). The molecule has 1 aliphatic heterocycles. The molecule has 0 radical (unpaired) electrons. The number of likely N-dealkylation sites (tertiary alicyclic amines) is 1. The molecule has 20 heavy (non-hydrogen) atoms. The second-order valence-electron chi connectivity index (χ2n) is 6.24. The number of carbonyl (C=O) groups is 1. The smallest absolute Gasteiger partial charge is 0.269 e. The summed E-state index contributed by atoms with van der Waals surface area (Å²) < 4.78 is 0. The lowest BCUT2D eigenvalue weighted by Gasteiger charge is -2.41. The number of piperidine rings is 1. The first kappa shape index (κ1) is 14.7. The maximum Gasteiger partial charge on any atom is 0.269 e. The van der Waals surface area contributed by atoms with Crippen LogP contribution in [0.5, 0.6) is 0 Å². The highest BCUT2D eigenvalue weighted by Crippen LogP contribution is 2.21. The highest BCUT2D eigenvalue weighted by atomic mass is 16.1. The fourth-order valence-electron chi connectivity index (χ4n) is 2.44. The zero-order chi connectivity index (χ0) is 14.8. The lowest BCUT2D eigenvalue weighted by molar-refractivity contribution is 0.0994. The number of primary amides is 1. The fraction of sp³-hybridized carbons (Fsp3) is 0.643. The van der Waals surface area contributed by atoms with Gasteiger partial charge in [-0.1, -0.05) is 0 Å². The molecular formula is C14H23N5O. The van der Waals surface area contributed by atoms with Crippen molar-refractivity contribution in [2.45, 2.75) is 45.2 Å². The number of hydrogen-bond donors (Lipinski definition) is 2. The summed E-state index contributed by atoms with van der Waals surface area (Å²) in [6.07, 6.45) is 2.16. The van der Waals surface area contributed by atoms with E-state index in [2.05, 4.69) is 41.2 Å². The van der Waals surface area contributed by atoms with E-state index < -0.39 is 5.91 Å². The van der Waals surface area contributed by atoms with E-state index in [-0.39, 0.29) is 11.2 Å². The third-order valence-electron chi connectivity index (χ3n) is 3.71. The number of nitrogens with one attached hydrogen (secondary N) is 1. The fourth-order valence-corrected chi connectivity index (χ4v) is 2.44. The van der Waals surface area contributed by atoms with Gasteiger partial charge in [0.05, 0.1) is 0 Å². The van der Waals surface area contributed by atoms with Crippen LogP contribution in [0.15, 0.2) is 12.1 Å². The average Bonchev–Trinajstić information content (AvgIpc) is 2.39. The summed E-state index contributed by atoms with van der Waals surface area (Å²) in [5, 5.41) is 11.2. The van der Waals surface area contributed by atoms with Crippen LogP contribution in [0.2, 0.25) is 0 Å². The SMILES string of the molecule is CC(C)(C)N1CCC(Nc2ccc(C(N)=O)nn2)CC1. The van der Waals surface area contributed by atoms with Gasteiger partial charge in [-0.25, -0.2) is 0 Å². The molecule has 0 saturated carbocycles. The average molecular weight is 277 g/mol. The Morgan fingerprint density at radius 1 is 1.30 bits per heavy atom. The molecule has 1 amide bonds. The number of rotatable bonds is 3. The zero-order valence-electron chi connectivity index (χ0n) is 12.4. The Bertz CT molecular complexity index is 457. The van der Waals surface area contributed by atoms with Crippen molar-refractivity contribution in [3.05, 3.63) is 17.8 Å². The van der Waals surface area contributed by atoms with Gasteiger partial charge in [-0.05, 0) is 45.7 Å². The molecule has 0 atom stereocenters. The lowest BCUT2D eigenvalue weighted by Crippen LogP contribution is -2.48. The molecule has 2 heterocycles. The van der Waals surface area contributed by atoms with Crippen molar-refractivity contribution in [2.24, 2.45) is 5.73 Å². The molecule has 1 aliphatic rings. The van der Waals surface area contributed by atoms with Crippen LogP contribution in [0.4, 0.5) is 5.82 Å². The van der Waals surface area contributed by atoms with E-state index >= 15 is 0 Å². The van der Waals surface area contributed by atoms with E-state index in [9.17, 15) is 4.79 Å². The van der Waals surface area contributed by atoms with Crippen LogP contribution in [0.25, 0.3) is 0 Å². The van der Waals surface area contributed by atoms with Crippen molar-refractivity contribution in [3.63, 3.8) is 0 Å². The van der Waals surface area contributed by atoms with Crippen molar-refractivity contribution < 1.29 is 4.79 Å². The van der Waals surface area contributed by atoms with Crippen LogP contribution in [0, 0.1) is 0 Å². The van der Waals surface area contributed by atoms with Gasteiger partial charge >= 0.3 is 0 Å². The van der Waals surface area contributed by atoms with Gasteiger partial charge in [0.15, 0.2) is 5.69 Å². The summed E-state index contributed by atoms with van der Waals surface area (Å²) >= 11 is 0. The largest absolute Gasteiger partial charge is 0.366 e.